The number of fused-ring (bicyclic) bond motifs is 3. The van der Waals surface area contributed by atoms with Crippen molar-refractivity contribution in [3.05, 3.63) is 54.1 Å². The molecular formula is C15H10O3. The SMILES string of the molecule is O=C(O)c1c(O)ccc2c1ccc1ccccc12. The second-order valence-electron chi connectivity index (χ2n) is 4.15. The van der Waals surface area contributed by atoms with Gasteiger partial charge in [-0.15, -0.1) is 0 Å². The lowest BCUT2D eigenvalue weighted by molar-refractivity contribution is 0.0696. The van der Waals surface area contributed by atoms with E-state index in [4.69, 9.17) is 0 Å². The minimum Gasteiger partial charge on any atom is -0.507 e. The minimum absolute atomic E-state index is 0.0433. The van der Waals surface area contributed by atoms with Crippen LogP contribution in [0.1, 0.15) is 10.4 Å². The molecule has 3 nitrogen and oxygen atoms in total. The molecule has 0 aliphatic carbocycles. The summed E-state index contributed by atoms with van der Waals surface area (Å²) in [6.45, 7) is 0. The predicted molar refractivity (Wildman–Crippen MR) is 70.1 cm³/mol. The fourth-order valence-electron chi connectivity index (χ4n) is 2.30. The first-order valence-electron chi connectivity index (χ1n) is 5.55. The molecule has 0 saturated heterocycles. The molecule has 0 aliphatic rings. The minimum atomic E-state index is -1.12. The Labute approximate surface area is 103 Å². The van der Waals surface area contributed by atoms with Crippen molar-refractivity contribution in [1.29, 1.82) is 0 Å². The molecule has 2 N–H and O–H groups in total. The first-order valence-corrected chi connectivity index (χ1v) is 5.55. The van der Waals surface area contributed by atoms with Gasteiger partial charge >= 0.3 is 5.97 Å². The zero-order valence-corrected chi connectivity index (χ0v) is 9.42. The molecule has 3 aromatic carbocycles. The Balaban J connectivity index is 2.55. The van der Waals surface area contributed by atoms with Gasteiger partial charge < -0.3 is 10.2 Å². The predicted octanol–water partition coefficient (Wildman–Crippen LogP) is 3.40. The summed E-state index contributed by atoms with van der Waals surface area (Å²) in [5, 5.41) is 22.3. The fraction of sp³-hybridized carbons (Fsp3) is 0. The maximum Gasteiger partial charge on any atom is 0.340 e. The van der Waals surface area contributed by atoms with Crippen molar-refractivity contribution < 1.29 is 15.0 Å². The van der Waals surface area contributed by atoms with E-state index in [0.717, 1.165) is 16.2 Å². The lowest BCUT2D eigenvalue weighted by atomic mass is 9.98. The van der Waals surface area contributed by atoms with Crippen LogP contribution in [0.25, 0.3) is 21.5 Å². The molecular weight excluding hydrogens is 228 g/mol. The molecule has 3 aromatic rings. The molecule has 3 heteroatoms. The Hall–Kier alpha value is -2.55. The number of aromatic carboxylic acids is 1. The van der Waals surface area contributed by atoms with Gasteiger partial charge in [-0.2, -0.15) is 0 Å². The third-order valence-electron chi connectivity index (χ3n) is 3.12. The van der Waals surface area contributed by atoms with Crippen molar-refractivity contribution >= 4 is 27.5 Å². The normalized spacial score (nSPS) is 10.9. The third-order valence-corrected chi connectivity index (χ3v) is 3.12. The molecule has 88 valence electrons. The Morgan fingerprint density at radius 3 is 2.33 bits per heavy atom. The van der Waals surface area contributed by atoms with Gasteiger partial charge in [0.25, 0.3) is 0 Å². The maximum atomic E-state index is 11.2. The van der Waals surface area contributed by atoms with Crippen LogP contribution < -0.4 is 0 Å². The van der Waals surface area contributed by atoms with Crippen LogP contribution in [0, 0.1) is 0 Å². The summed E-state index contributed by atoms with van der Waals surface area (Å²) in [4.78, 5) is 11.2. The summed E-state index contributed by atoms with van der Waals surface area (Å²) < 4.78 is 0. The first kappa shape index (κ1) is 10.6. The Kier molecular flexibility index (Phi) is 2.20. The second kappa shape index (κ2) is 3.74. The van der Waals surface area contributed by atoms with Crippen LogP contribution >= 0.6 is 0 Å². The van der Waals surface area contributed by atoms with Crippen LogP contribution in [-0.4, -0.2) is 16.2 Å². The maximum absolute atomic E-state index is 11.2. The van der Waals surface area contributed by atoms with E-state index in [0.29, 0.717) is 5.39 Å². The topological polar surface area (TPSA) is 57.5 Å². The van der Waals surface area contributed by atoms with Gasteiger partial charge in [0.05, 0.1) is 0 Å². The highest BCUT2D eigenvalue weighted by molar-refractivity contribution is 6.15. The third kappa shape index (κ3) is 1.41. The molecule has 0 aliphatic heterocycles. The summed E-state index contributed by atoms with van der Waals surface area (Å²) in [6.07, 6.45) is 0. The summed E-state index contributed by atoms with van der Waals surface area (Å²) in [7, 11) is 0. The summed E-state index contributed by atoms with van der Waals surface area (Å²) in [6, 6.07) is 14.5. The molecule has 0 spiro atoms. The summed E-state index contributed by atoms with van der Waals surface area (Å²) in [5.74, 6) is -1.32. The number of phenols is 1. The number of carboxylic acid groups (broad SMARTS) is 1. The van der Waals surface area contributed by atoms with E-state index in [-0.39, 0.29) is 11.3 Å². The van der Waals surface area contributed by atoms with Gasteiger partial charge in [-0.25, -0.2) is 4.79 Å². The van der Waals surface area contributed by atoms with Gasteiger partial charge in [-0.05, 0) is 22.2 Å². The molecule has 3 rings (SSSR count). The van der Waals surface area contributed by atoms with Crippen molar-refractivity contribution in [2.75, 3.05) is 0 Å². The van der Waals surface area contributed by atoms with Gasteiger partial charge in [0.1, 0.15) is 11.3 Å². The number of rotatable bonds is 1. The van der Waals surface area contributed by atoms with Gasteiger partial charge in [0.15, 0.2) is 0 Å². The molecule has 0 heterocycles. The number of benzene rings is 3. The van der Waals surface area contributed by atoms with Crippen molar-refractivity contribution in [1.82, 2.24) is 0 Å². The fourth-order valence-corrected chi connectivity index (χ4v) is 2.30. The van der Waals surface area contributed by atoms with Gasteiger partial charge in [0, 0.05) is 5.39 Å². The van der Waals surface area contributed by atoms with Gasteiger partial charge in [0.2, 0.25) is 0 Å². The Bertz CT molecular complexity index is 775. The first-order chi connectivity index (χ1) is 8.68. The number of hydrogen-bond donors (Lipinski definition) is 2. The lowest BCUT2D eigenvalue weighted by Crippen LogP contribution is -1.98. The van der Waals surface area contributed by atoms with Gasteiger partial charge in [-0.1, -0.05) is 42.5 Å². The number of aromatic hydroxyl groups is 1. The van der Waals surface area contributed by atoms with Crippen molar-refractivity contribution in [3.8, 4) is 5.75 Å². The summed E-state index contributed by atoms with van der Waals surface area (Å²) >= 11 is 0. The lowest BCUT2D eigenvalue weighted by Gasteiger charge is -2.08. The van der Waals surface area contributed by atoms with Crippen LogP contribution in [0.15, 0.2) is 48.5 Å². The standard InChI is InChI=1S/C15H10O3/c16-13-8-7-11-10-4-2-1-3-9(10)5-6-12(11)14(13)15(17)18/h1-8,16H,(H,17,18). The van der Waals surface area contributed by atoms with E-state index in [9.17, 15) is 15.0 Å². The van der Waals surface area contributed by atoms with E-state index < -0.39 is 5.97 Å². The number of carboxylic acids is 1. The average Bonchev–Trinajstić information content (AvgIpc) is 2.37. The summed E-state index contributed by atoms with van der Waals surface area (Å²) in [5.41, 5.74) is -0.0433. The monoisotopic (exact) mass is 238 g/mol. The zero-order valence-electron chi connectivity index (χ0n) is 9.42. The second-order valence-corrected chi connectivity index (χ2v) is 4.15. The highest BCUT2D eigenvalue weighted by Crippen LogP contribution is 2.32. The van der Waals surface area contributed by atoms with Crippen LogP contribution in [0.4, 0.5) is 0 Å². The van der Waals surface area contributed by atoms with Crippen LogP contribution in [0.5, 0.6) is 5.75 Å². The van der Waals surface area contributed by atoms with Crippen molar-refractivity contribution in [3.63, 3.8) is 0 Å². The zero-order chi connectivity index (χ0) is 12.7. The largest absolute Gasteiger partial charge is 0.507 e. The molecule has 0 saturated carbocycles. The molecule has 0 fully saturated rings. The van der Waals surface area contributed by atoms with E-state index >= 15 is 0 Å². The molecule has 18 heavy (non-hydrogen) atoms. The molecule has 0 amide bonds. The number of hydrogen-bond acceptors (Lipinski definition) is 2. The number of carbonyl (C=O) groups is 1. The molecule has 0 aromatic heterocycles. The average molecular weight is 238 g/mol. The van der Waals surface area contributed by atoms with Crippen molar-refractivity contribution in [2.24, 2.45) is 0 Å². The van der Waals surface area contributed by atoms with E-state index in [1.165, 1.54) is 6.07 Å². The molecule has 0 unspecified atom stereocenters. The highest BCUT2D eigenvalue weighted by Gasteiger charge is 2.14. The Morgan fingerprint density at radius 1 is 0.833 bits per heavy atom. The highest BCUT2D eigenvalue weighted by atomic mass is 16.4. The van der Waals surface area contributed by atoms with Gasteiger partial charge in [-0.3, -0.25) is 0 Å². The quantitative estimate of drug-likeness (QED) is 0.639. The van der Waals surface area contributed by atoms with Crippen molar-refractivity contribution in [2.45, 2.75) is 0 Å². The van der Waals surface area contributed by atoms with E-state index in [1.54, 1.807) is 12.1 Å². The smallest absolute Gasteiger partial charge is 0.340 e. The van der Waals surface area contributed by atoms with Crippen LogP contribution in [0.3, 0.4) is 0 Å². The van der Waals surface area contributed by atoms with Crippen LogP contribution in [-0.2, 0) is 0 Å². The Morgan fingerprint density at radius 2 is 1.56 bits per heavy atom. The molecule has 0 bridgehead atoms. The van der Waals surface area contributed by atoms with Crippen LogP contribution in [0.2, 0.25) is 0 Å². The van der Waals surface area contributed by atoms with E-state index in [2.05, 4.69) is 0 Å². The molecule has 0 radical (unpaired) electrons. The molecule has 0 atom stereocenters. The van der Waals surface area contributed by atoms with E-state index in [1.807, 2.05) is 30.3 Å².